The molecule has 3 heteroatoms. The molecular formula is C15H15ClOS. The second-order valence-corrected chi connectivity index (χ2v) is 5.41. The Morgan fingerprint density at radius 2 is 1.89 bits per heavy atom. The average Bonchev–Trinajstić information content (AvgIpc) is 2.41. The van der Waals surface area contributed by atoms with Gasteiger partial charge in [0, 0.05) is 9.92 Å². The van der Waals surface area contributed by atoms with Crippen LogP contribution in [0.1, 0.15) is 22.8 Å². The third-order valence-electron chi connectivity index (χ3n) is 2.95. The fourth-order valence-electron chi connectivity index (χ4n) is 1.85. The van der Waals surface area contributed by atoms with Crippen LogP contribution in [-0.2, 0) is 0 Å². The Morgan fingerprint density at radius 3 is 2.56 bits per heavy atom. The Labute approximate surface area is 117 Å². The highest BCUT2D eigenvalue weighted by molar-refractivity contribution is 7.98. The van der Waals surface area contributed by atoms with Crippen LogP contribution in [0.4, 0.5) is 0 Å². The molecule has 0 radical (unpaired) electrons. The van der Waals surface area contributed by atoms with Gasteiger partial charge < -0.3 is 5.11 Å². The van der Waals surface area contributed by atoms with E-state index in [0.717, 1.165) is 21.6 Å². The molecule has 0 heterocycles. The molecule has 2 rings (SSSR count). The Kier molecular flexibility index (Phi) is 4.33. The van der Waals surface area contributed by atoms with E-state index < -0.39 is 6.10 Å². The van der Waals surface area contributed by atoms with E-state index in [0.29, 0.717) is 5.02 Å². The fraction of sp³-hybridized carbons (Fsp3) is 0.200. The maximum absolute atomic E-state index is 10.4. The molecular weight excluding hydrogens is 264 g/mol. The highest BCUT2D eigenvalue weighted by Crippen LogP contribution is 2.31. The normalized spacial score (nSPS) is 12.4. The van der Waals surface area contributed by atoms with Crippen LogP contribution in [0.3, 0.4) is 0 Å². The molecule has 0 aliphatic rings. The molecule has 18 heavy (non-hydrogen) atoms. The highest BCUT2D eigenvalue weighted by atomic mass is 35.5. The van der Waals surface area contributed by atoms with E-state index in [1.165, 1.54) is 0 Å². The van der Waals surface area contributed by atoms with Gasteiger partial charge in [0.25, 0.3) is 0 Å². The lowest BCUT2D eigenvalue weighted by atomic mass is 10.0. The maximum Gasteiger partial charge on any atom is 0.105 e. The van der Waals surface area contributed by atoms with Gasteiger partial charge in [-0.25, -0.2) is 0 Å². The first kappa shape index (κ1) is 13.5. The Hall–Kier alpha value is -0.960. The van der Waals surface area contributed by atoms with Gasteiger partial charge in [-0.15, -0.1) is 11.8 Å². The first-order chi connectivity index (χ1) is 8.63. The summed E-state index contributed by atoms with van der Waals surface area (Å²) >= 11 is 7.74. The molecule has 0 spiro atoms. The zero-order chi connectivity index (χ0) is 13.1. The number of hydrogen-bond acceptors (Lipinski definition) is 2. The number of rotatable bonds is 3. The summed E-state index contributed by atoms with van der Waals surface area (Å²) in [5.74, 6) is 0. The Morgan fingerprint density at radius 1 is 1.17 bits per heavy atom. The van der Waals surface area contributed by atoms with Crippen LogP contribution in [0.2, 0.25) is 5.02 Å². The first-order valence-corrected chi connectivity index (χ1v) is 7.30. The number of benzene rings is 2. The van der Waals surface area contributed by atoms with Crippen molar-refractivity contribution in [1.29, 1.82) is 0 Å². The van der Waals surface area contributed by atoms with Gasteiger partial charge in [0.15, 0.2) is 0 Å². The smallest absolute Gasteiger partial charge is 0.105 e. The quantitative estimate of drug-likeness (QED) is 0.837. The SMILES string of the molecule is CSc1ccccc1C(O)c1ccc(C)c(Cl)c1. The molecule has 2 aromatic carbocycles. The average molecular weight is 279 g/mol. The summed E-state index contributed by atoms with van der Waals surface area (Å²) in [6.45, 7) is 1.95. The van der Waals surface area contributed by atoms with E-state index in [1.54, 1.807) is 11.8 Å². The van der Waals surface area contributed by atoms with E-state index in [-0.39, 0.29) is 0 Å². The summed E-state index contributed by atoms with van der Waals surface area (Å²) in [5, 5.41) is 11.1. The van der Waals surface area contributed by atoms with Crippen molar-refractivity contribution < 1.29 is 5.11 Å². The van der Waals surface area contributed by atoms with Crippen molar-refractivity contribution in [1.82, 2.24) is 0 Å². The minimum atomic E-state index is -0.633. The molecule has 0 fully saturated rings. The number of aliphatic hydroxyl groups excluding tert-OH is 1. The van der Waals surface area contributed by atoms with Gasteiger partial charge in [-0.1, -0.05) is 41.9 Å². The number of aliphatic hydroxyl groups is 1. The van der Waals surface area contributed by atoms with E-state index in [2.05, 4.69) is 0 Å². The number of hydrogen-bond donors (Lipinski definition) is 1. The van der Waals surface area contributed by atoms with Crippen molar-refractivity contribution >= 4 is 23.4 Å². The molecule has 94 valence electrons. The zero-order valence-corrected chi connectivity index (χ0v) is 11.9. The van der Waals surface area contributed by atoms with Crippen molar-refractivity contribution in [3.63, 3.8) is 0 Å². The summed E-state index contributed by atoms with van der Waals surface area (Å²) in [6, 6.07) is 13.6. The largest absolute Gasteiger partial charge is 0.384 e. The molecule has 0 aliphatic heterocycles. The Bertz CT molecular complexity index is 554. The van der Waals surface area contributed by atoms with E-state index in [4.69, 9.17) is 11.6 Å². The van der Waals surface area contributed by atoms with Crippen molar-refractivity contribution in [2.45, 2.75) is 17.9 Å². The van der Waals surface area contributed by atoms with E-state index in [1.807, 2.05) is 55.6 Å². The second-order valence-electron chi connectivity index (χ2n) is 4.15. The van der Waals surface area contributed by atoms with Crippen LogP contribution in [0.15, 0.2) is 47.4 Å². The monoisotopic (exact) mass is 278 g/mol. The minimum absolute atomic E-state index is 0.633. The molecule has 0 aromatic heterocycles. The molecule has 2 aromatic rings. The van der Waals surface area contributed by atoms with Crippen molar-refractivity contribution in [3.8, 4) is 0 Å². The zero-order valence-electron chi connectivity index (χ0n) is 10.4. The number of aryl methyl sites for hydroxylation is 1. The van der Waals surface area contributed by atoms with Gasteiger partial charge in [0.1, 0.15) is 6.10 Å². The highest BCUT2D eigenvalue weighted by Gasteiger charge is 2.14. The van der Waals surface area contributed by atoms with Crippen molar-refractivity contribution in [3.05, 3.63) is 64.2 Å². The molecule has 0 saturated carbocycles. The molecule has 0 aliphatic carbocycles. The van der Waals surface area contributed by atoms with Gasteiger partial charge in [-0.3, -0.25) is 0 Å². The third-order valence-corrected chi connectivity index (χ3v) is 4.16. The van der Waals surface area contributed by atoms with Crippen LogP contribution in [0, 0.1) is 6.92 Å². The van der Waals surface area contributed by atoms with Gasteiger partial charge in [0.05, 0.1) is 0 Å². The van der Waals surface area contributed by atoms with Crippen molar-refractivity contribution in [2.24, 2.45) is 0 Å². The van der Waals surface area contributed by atoms with Gasteiger partial charge in [-0.05, 0) is 42.0 Å². The lowest BCUT2D eigenvalue weighted by molar-refractivity contribution is 0.217. The van der Waals surface area contributed by atoms with Gasteiger partial charge >= 0.3 is 0 Å². The molecule has 1 atom stereocenters. The first-order valence-electron chi connectivity index (χ1n) is 5.70. The molecule has 1 nitrogen and oxygen atoms in total. The van der Waals surface area contributed by atoms with Crippen LogP contribution in [0.25, 0.3) is 0 Å². The molecule has 1 unspecified atom stereocenters. The third kappa shape index (κ3) is 2.72. The molecule has 1 N–H and O–H groups in total. The van der Waals surface area contributed by atoms with Crippen LogP contribution >= 0.6 is 23.4 Å². The molecule has 0 amide bonds. The fourth-order valence-corrected chi connectivity index (χ4v) is 2.67. The van der Waals surface area contributed by atoms with Crippen LogP contribution < -0.4 is 0 Å². The van der Waals surface area contributed by atoms with Crippen LogP contribution in [-0.4, -0.2) is 11.4 Å². The number of thioether (sulfide) groups is 1. The topological polar surface area (TPSA) is 20.2 Å². The standard InChI is InChI=1S/C15H15ClOS/c1-10-7-8-11(9-13(10)16)15(17)12-5-3-4-6-14(12)18-2/h3-9,15,17H,1-2H3. The van der Waals surface area contributed by atoms with Gasteiger partial charge in [0.2, 0.25) is 0 Å². The van der Waals surface area contributed by atoms with E-state index in [9.17, 15) is 5.11 Å². The summed E-state index contributed by atoms with van der Waals surface area (Å²) in [5.41, 5.74) is 2.77. The summed E-state index contributed by atoms with van der Waals surface area (Å²) in [4.78, 5) is 1.08. The lowest BCUT2D eigenvalue weighted by Crippen LogP contribution is -2.01. The molecule has 0 bridgehead atoms. The summed E-state index contributed by atoms with van der Waals surface area (Å²) < 4.78 is 0. The summed E-state index contributed by atoms with van der Waals surface area (Å²) in [7, 11) is 0. The van der Waals surface area contributed by atoms with Crippen LogP contribution in [0.5, 0.6) is 0 Å². The predicted octanol–water partition coefficient (Wildman–Crippen LogP) is 4.45. The maximum atomic E-state index is 10.4. The van der Waals surface area contributed by atoms with E-state index >= 15 is 0 Å². The second kappa shape index (κ2) is 5.79. The number of halogens is 1. The molecule has 0 saturated heterocycles. The Balaban J connectivity index is 2.41. The lowest BCUT2D eigenvalue weighted by Gasteiger charge is -2.15. The van der Waals surface area contributed by atoms with Crippen molar-refractivity contribution in [2.75, 3.05) is 6.26 Å². The summed E-state index contributed by atoms with van der Waals surface area (Å²) in [6.07, 6.45) is 1.37. The van der Waals surface area contributed by atoms with Gasteiger partial charge in [-0.2, -0.15) is 0 Å². The predicted molar refractivity (Wildman–Crippen MR) is 78.5 cm³/mol. The minimum Gasteiger partial charge on any atom is -0.384 e.